The molecule has 1 aliphatic heterocycles. The van der Waals surface area contributed by atoms with Crippen LogP contribution in [0.2, 0.25) is 5.02 Å². The highest BCUT2D eigenvalue weighted by atomic mass is 35.5. The lowest BCUT2D eigenvalue weighted by atomic mass is 9.80. The number of hydrogen-bond donors (Lipinski definition) is 2. The predicted octanol–water partition coefficient (Wildman–Crippen LogP) is 2.73. The van der Waals surface area contributed by atoms with Gasteiger partial charge in [0.15, 0.2) is 0 Å². The van der Waals surface area contributed by atoms with Crippen LogP contribution in [0.5, 0.6) is 0 Å². The minimum absolute atomic E-state index is 0.192. The van der Waals surface area contributed by atoms with Gasteiger partial charge in [0.05, 0.1) is 6.04 Å². The molecular formula is C12H15ClN2O2. The number of carbonyl (C=O) groups is 1. The quantitative estimate of drug-likeness (QED) is 0.758. The van der Waals surface area contributed by atoms with Crippen molar-refractivity contribution in [2.24, 2.45) is 5.41 Å². The second-order valence-electron chi connectivity index (χ2n) is 4.92. The summed E-state index contributed by atoms with van der Waals surface area (Å²) in [6.45, 7) is 4.38. The Hall–Kier alpha value is -1.42. The molecule has 92 valence electrons. The maximum absolute atomic E-state index is 11.3. The molecule has 1 aromatic carbocycles. The van der Waals surface area contributed by atoms with Crippen LogP contribution in [0, 0.1) is 5.41 Å². The van der Waals surface area contributed by atoms with Gasteiger partial charge in [-0.2, -0.15) is 0 Å². The van der Waals surface area contributed by atoms with Crippen LogP contribution >= 0.6 is 11.6 Å². The van der Waals surface area contributed by atoms with Crippen molar-refractivity contribution in [1.29, 1.82) is 0 Å². The Morgan fingerprint density at radius 3 is 2.94 bits per heavy atom. The fourth-order valence-corrected chi connectivity index (χ4v) is 2.16. The van der Waals surface area contributed by atoms with Crippen LogP contribution in [-0.2, 0) is 4.74 Å². The molecule has 0 bridgehead atoms. The van der Waals surface area contributed by atoms with Gasteiger partial charge in [-0.05, 0) is 23.8 Å². The molecule has 1 atom stereocenters. The zero-order chi connectivity index (χ0) is 12.6. The summed E-state index contributed by atoms with van der Waals surface area (Å²) in [7, 11) is 0. The lowest BCUT2D eigenvalue weighted by Crippen LogP contribution is -2.47. The largest absolute Gasteiger partial charge is 0.449 e. The molecule has 0 spiro atoms. The van der Waals surface area contributed by atoms with E-state index in [1.807, 2.05) is 13.8 Å². The number of nitrogens with one attached hydrogen (secondary N) is 1. The van der Waals surface area contributed by atoms with Crippen molar-refractivity contribution in [2.45, 2.75) is 19.9 Å². The number of amides is 1. The molecule has 0 saturated carbocycles. The smallest absolute Gasteiger partial charge is 0.407 e. The SMILES string of the molecule is CC1(C)COC(=O)N[C@H]1c1cc(Cl)ccc1N. The van der Waals surface area contributed by atoms with Gasteiger partial charge in [0.2, 0.25) is 0 Å². The van der Waals surface area contributed by atoms with Crippen molar-refractivity contribution in [3.63, 3.8) is 0 Å². The average molecular weight is 255 g/mol. The Morgan fingerprint density at radius 2 is 2.24 bits per heavy atom. The Balaban J connectivity index is 2.42. The number of cyclic esters (lactones) is 1. The van der Waals surface area contributed by atoms with Crippen LogP contribution in [0.25, 0.3) is 0 Å². The fraction of sp³-hybridized carbons (Fsp3) is 0.417. The number of carbonyl (C=O) groups excluding carboxylic acids is 1. The van der Waals surface area contributed by atoms with Crippen molar-refractivity contribution in [1.82, 2.24) is 5.32 Å². The van der Waals surface area contributed by atoms with E-state index in [2.05, 4.69) is 5.32 Å². The van der Waals surface area contributed by atoms with E-state index in [9.17, 15) is 4.79 Å². The maximum atomic E-state index is 11.3. The lowest BCUT2D eigenvalue weighted by molar-refractivity contribution is 0.0389. The van der Waals surface area contributed by atoms with Gasteiger partial charge in [0, 0.05) is 16.1 Å². The maximum Gasteiger partial charge on any atom is 0.407 e. The Bertz CT molecular complexity index is 460. The summed E-state index contributed by atoms with van der Waals surface area (Å²) in [5.74, 6) is 0. The second kappa shape index (κ2) is 4.11. The highest BCUT2D eigenvalue weighted by molar-refractivity contribution is 6.30. The molecule has 0 aliphatic carbocycles. The zero-order valence-corrected chi connectivity index (χ0v) is 10.5. The molecule has 1 heterocycles. The molecule has 2 rings (SSSR count). The molecule has 1 amide bonds. The highest BCUT2D eigenvalue weighted by Crippen LogP contribution is 2.39. The number of nitrogens with two attached hydrogens (primary N) is 1. The first-order valence-electron chi connectivity index (χ1n) is 5.38. The minimum Gasteiger partial charge on any atom is -0.449 e. The van der Waals surface area contributed by atoms with Crippen LogP contribution in [0.15, 0.2) is 18.2 Å². The van der Waals surface area contributed by atoms with Crippen LogP contribution < -0.4 is 11.1 Å². The van der Waals surface area contributed by atoms with Crippen LogP contribution in [0.3, 0.4) is 0 Å². The molecule has 0 aromatic heterocycles. The Morgan fingerprint density at radius 1 is 1.53 bits per heavy atom. The van der Waals surface area contributed by atoms with Crippen molar-refractivity contribution in [3.05, 3.63) is 28.8 Å². The van der Waals surface area contributed by atoms with Crippen LogP contribution in [-0.4, -0.2) is 12.7 Å². The summed E-state index contributed by atoms with van der Waals surface area (Å²) >= 11 is 5.97. The van der Waals surface area contributed by atoms with E-state index in [-0.39, 0.29) is 11.5 Å². The lowest BCUT2D eigenvalue weighted by Gasteiger charge is -2.39. The molecular weight excluding hydrogens is 240 g/mol. The zero-order valence-electron chi connectivity index (χ0n) is 9.79. The number of benzene rings is 1. The number of nitrogen functional groups attached to an aromatic ring is 1. The molecule has 0 unspecified atom stereocenters. The van der Waals surface area contributed by atoms with Gasteiger partial charge in [0.1, 0.15) is 6.61 Å². The topological polar surface area (TPSA) is 64.3 Å². The first kappa shape index (κ1) is 12.0. The predicted molar refractivity (Wildman–Crippen MR) is 66.9 cm³/mol. The average Bonchev–Trinajstić information content (AvgIpc) is 2.26. The van der Waals surface area contributed by atoms with Crippen molar-refractivity contribution in [2.75, 3.05) is 12.3 Å². The summed E-state index contributed by atoms with van der Waals surface area (Å²) in [5.41, 5.74) is 7.16. The van der Waals surface area contributed by atoms with E-state index >= 15 is 0 Å². The summed E-state index contributed by atoms with van der Waals surface area (Å²) in [6, 6.07) is 5.07. The van der Waals surface area contributed by atoms with E-state index in [4.69, 9.17) is 22.1 Å². The second-order valence-corrected chi connectivity index (χ2v) is 5.35. The molecule has 1 saturated heterocycles. The molecule has 5 heteroatoms. The van der Waals surface area contributed by atoms with Gasteiger partial charge in [-0.15, -0.1) is 0 Å². The van der Waals surface area contributed by atoms with Crippen molar-refractivity contribution >= 4 is 23.4 Å². The third-order valence-electron chi connectivity index (χ3n) is 2.98. The standard InChI is InChI=1S/C12H15ClN2O2/c1-12(2)6-17-11(16)15-10(12)8-5-7(13)3-4-9(8)14/h3-5,10H,6,14H2,1-2H3,(H,15,16)/t10-/m0/s1. The molecule has 1 aliphatic rings. The number of alkyl carbamates (subject to hydrolysis) is 1. The number of hydrogen-bond acceptors (Lipinski definition) is 3. The fourth-order valence-electron chi connectivity index (χ4n) is 1.98. The van der Waals surface area contributed by atoms with E-state index in [1.165, 1.54) is 0 Å². The summed E-state index contributed by atoms with van der Waals surface area (Å²) < 4.78 is 4.99. The summed E-state index contributed by atoms with van der Waals surface area (Å²) in [4.78, 5) is 11.3. The summed E-state index contributed by atoms with van der Waals surface area (Å²) in [6.07, 6.45) is -0.422. The van der Waals surface area contributed by atoms with Gasteiger partial charge in [-0.3, -0.25) is 0 Å². The number of rotatable bonds is 1. The van der Waals surface area contributed by atoms with E-state index in [0.29, 0.717) is 17.3 Å². The van der Waals surface area contributed by atoms with Gasteiger partial charge in [-0.1, -0.05) is 25.4 Å². The molecule has 1 aromatic rings. The minimum atomic E-state index is -0.422. The molecule has 1 fully saturated rings. The first-order valence-corrected chi connectivity index (χ1v) is 5.76. The van der Waals surface area contributed by atoms with Crippen LogP contribution in [0.1, 0.15) is 25.5 Å². The normalized spacial score (nSPS) is 22.8. The number of halogens is 1. The monoisotopic (exact) mass is 254 g/mol. The third kappa shape index (κ3) is 2.31. The van der Waals surface area contributed by atoms with Crippen molar-refractivity contribution in [3.8, 4) is 0 Å². The Kier molecular flexibility index (Phi) is 2.91. The van der Waals surface area contributed by atoms with Gasteiger partial charge in [-0.25, -0.2) is 4.79 Å². The third-order valence-corrected chi connectivity index (χ3v) is 3.21. The van der Waals surface area contributed by atoms with E-state index in [1.54, 1.807) is 18.2 Å². The number of anilines is 1. The van der Waals surface area contributed by atoms with Gasteiger partial charge < -0.3 is 15.8 Å². The van der Waals surface area contributed by atoms with E-state index < -0.39 is 6.09 Å². The summed E-state index contributed by atoms with van der Waals surface area (Å²) in [5, 5.41) is 3.39. The van der Waals surface area contributed by atoms with Gasteiger partial charge in [0.25, 0.3) is 0 Å². The van der Waals surface area contributed by atoms with E-state index in [0.717, 1.165) is 5.56 Å². The van der Waals surface area contributed by atoms with Crippen LogP contribution in [0.4, 0.5) is 10.5 Å². The van der Waals surface area contributed by atoms with Crippen molar-refractivity contribution < 1.29 is 9.53 Å². The highest BCUT2D eigenvalue weighted by Gasteiger charge is 2.38. The molecule has 4 nitrogen and oxygen atoms in total. The molecule has 17 heavy (non-hydrogen) atoms. The first-order chi connectivity index (χ1) is 7.90. The molecule has 0 radical (unpaired) electrons. The number of ether oxygens (including phenoxy) is 1. The van der Waals surface area contributed by atoms with Gasteiger partial charge >= 0.3 is 6.09 Å². The Labute approximate surface area is 105 Å². The molecule has 3 N–H and O–H groups in total.